The monoisotopic (exact) mass is 218 g/mol. The van der Waals surface area contributed by atoms with Gasteiger partial charge < -0.3 is 5.32 Å². The standard InChI is InChI=1S/C13H15FN2/c1-3-16-9-10(2)6-11-4-5-13(14)12(7-11)8-15/h4-7,16H,3,9H2,1-2H3/b10-6+. The van der Waals surface area contributed by atoms with Crippen molar-refractivity contribution in [2.24, 2.45) is 0 Å². The number of nitrogens with zero attached hydrogens (tertiary/aromatic N) is 1. The molecule has 1 N–H and O–H groups in total. The van der Waals surface area contributed by atoms with Crippen molar-refractivity contribution >= 4 is 6.08 Å². The molecule has 1 rings (SSSR count). The molecule has 0 aromatic heterocycles. The van der Waals surface area contributed by atoms with Gasteiger partial charge >= 0.3 is 0 Å². The molecule has 0 aliphatic carbocycles. The first-order valence-corrected chi connectivity index (χ1v) is 5.25. The van der Waals surface area contributed by atoms with Crippen LogP contribution in [0.5, 0.6) is 0 Å². The molecule has 84 valence electrons. The van der Waals surface area contributed by atoms with Crippen molar-refractivity contribution in [2.45, 2.75) is 13.8 Å². The molecule has 0 aliphatic rings. The molecular weight excluding hydrogens is 203 g/mol. The normalized spacial score (nSPS) is 11.2. The molecule has 16 heavy (non-hydrogen) atoms. The van der Waals surface area contributed by atoms with Crippen LogP contribution < -0.4 is 5.32 Å². The van der Waals surface area contributed by atoms with E-state index in [1.54, 1.807) is 12.1 Å². The van der Waals surface area contributed by atoms with Crippen LogP contribution in [0.25, 0.3) is 6.08 Å². The lowest BCUT2D eigenvalue weighted by molar-refractivity contribution is 0.624. The average Bonchev–Trinajstić information content (AvgIpc) is 2.29. The molecule has 0 atom stereocenters. The van der Waals surface area contributed by atoms with Crippen molar-refractivity contribution in [3.8, 4) is 6.07 Å². The third-order valence-corrected chi connectivity index (χ3v) is 2.18. The number of nitriles is 1. The molecule has 0 radical (unpaired) electrons. The summed E-state index contributed by atoms with van der Waals surface area (Å²) in [5.74, 6) is -0.469. The Morgan fingerprint density at radius 2 is 2.31 bits per heavy atom. The van der Waals surface area contributed by atoms with Gasteiger partial charge in [-0.3, -0.25) is 0 Å². The Bertz CT molecular complexity index is 430. The Kier molecular flexibility index (Phi) is 4.68. The first kappa shape index (κ1) is 12.4. The highest BCUT2D eigenvalue weighted by Crippen LogP contribution is 2.12. The smallest absolute Gasteiger partial charge is 0.140 e. The number of likely N-dealkylation sites (N-methyl/N-ethyl adjacent to an activating group) is 1. The zero-order chi connectivity index (χ0) is 12.0. The summed E-state index contributed by atoms with van der Waals surface area (Å²) in [6, 6.07) is 6.39. The summed E-state index contributed by atoms with van der Waals surface area (Å²) in [6.07, 6.45) is 1.95. The highest BCUT2D eigenvalue weighted by molar-refractivity contribution is 5.55. The first-order chi connectivity index (χ1) is 7.67. The van der Waals surface area contributed by atoms with Crippen LogP contribution in [0.4, 0.5) is 4.39 Å². The summed E-state index contributed by atoms with van der Waals surface area (Å²) < 4.78 is 13.1. The molecular formula is C13H15FN2. The molecule has 0 fully saturated rings. The number of hydrogen-bond acceptors (Lipinski definition) is 2. The van der Waals surface area contributed by atoms with E-state index in [9.17, 15) is 4.39 Å². The lowest BCUT2D eigenvalue weighted by atomic mass is 10.1. The summed E-state index contributed by atoms with van der Waals surface area (Å²) in [6.45, 7) is 5.75. The summed E-state index contributed by atoms with van der Waals surface area (Å²) in [7, 11) is 0. The van der Waals surface area contributed by atoms with Crippen molar-refractivity contribution in [3.63, 3.8) is 0 Å². The van der Waals surface area contributed by atoms with E-state index in [0.29, 0.717) is 0 Å². The van der Waals surface area contributed by atoms with Gasteiger partial charge in [-0.25, -0.2) is 4.39 Å². The highest BCUT2D eigenvalue weighted by atomic mass is 19.1. The van der Waals surface area contributed by atoms with Gasteiger partial charge in [0.05, 0.1) is 5.56 Å². The van der Waals surface area contributed by atoms with Gasteiger partial charge in [-0.05, 0) is 31.2 Å². The first-order valence-electron chi connectivity index (χ1n) is 5.25. The Balaban J connectivity index is 2.85. The van der Waals surface area contributed by atoms with Crippen LogP contribution in [0.3, 0.4) is 0 Å². The van der Waals surface area contributed by atoms with Gasteiger partial charge in [-0.15, -0.1) is 0 Å². The lowest BCUT2D eigenvalue weighted by Gasteiger charge is -2.02. The number of benzene rings is 1. The van der Waals surface area contributed by atoms with Crippen molar-refractivity contribution < 1.29 is 4.39 Å². The third kappa shape index (κ3) is 3.48. The van der Waals surface area contributed by atoms with E-state index in [2.05, 4.69) is 5.32 Å². The summed E-state index contributed by atoms with van der Waals surface area (Å²) in [4.78, 5) is 0. The molecule has 0 heterocycles. The third-order valence-electron chi connectivity index (χ3n) is 2.18. The van der Waals surface area contributed by atoms with E-state index in [1.165, 1.54) is 6.07 Å². The van der Waals surface area contributed by atoms with Crippen molar-refractivity contribution in [1.82, 2.24) is 5.32 Å². The van der Waals surface area contributed by atoms with Gasteiger partial charge in [-0.2, -0.15) is 5.26 Å². The molecule has 2 nitrogen and oxygen atoms in total. The topological polar surface area (TPSA) is 35.8 Å². The fourth-order valence-electron chi connectivity index (χ4n) is 1.38. The van der Waals surface area contributed by atoms with E-state index < -0.39 is 5.82 Å². The number of halogens is 1. The molecule has 0 amide bonds. The Hall–Kier alpha value is -1.66. The minimum Gasteiger partial charge on any atom is -0.313 e. The van der Waals surface area contributed by atoms with E-state index in [0.717, 1.165) is 24.2 Å². The summed E-state index contributed by atoms with van der Waals surface area (Å²) >= 11 is 0. The largest absolute Gasteiger partial charge is 0.313 e. The fourth-order valence-corrected chi connectivity index (χ4v) is 1.38. The molecule has 0 saturated heterocycles. The number of hydrogen-bond donors (Lipinski definition) is 1. The van der Waals surface area contributed by atoms with E-state index in [1.807, 2.05) is 26.0 Å². The van der Waals surface area contributed by atoms with Crippen molar-refractivity contribution in [3.05, 3.63) is 40.7 Å². The number of nitrogens with one attached hydrogen (secondary N) is 1. The van der Waals surface area contributed by atoms with Crippen LogP contribution in [0.2, 0.25) is 0 Å². The van der Waals surface area contributed by atoms with Gasteiger partial charge in [0.2, 0.25) is 0 Å². The summed E-state index contributed by atoms with van der Waals surface area (Å²) in [5.41, 5.74) is 2.09. The SMILES string of the molecule is CCNC/C(C)=C/c1ccc(F)c(C#N)c1. The van der Waals surface area contributed by atoms with Crippen LogP contribution in [-0.2, 0) is 0 Å². The Labute approximate surface area is 95.4 Å². The zero-order valence-electron chi connectivity index (χ0n) is 9.55. The fraction of sp³-hybridized carbons (Fsp3) is 0.308. The quantitative estimate of drug-likeness (QED) is 0.843. The van der Waals surface area contributed by atoms with Crippen LogP contribution in [0.15, 0.2) is 23.8 Å². The minimum atomic E-state index is -0.469. The van der Waals surface area contributed by atoms with Crippen LogP contribution >= 0.6 is 0 Å². The van der Waals surface area contributed by atoms with E-state index in [-0.39, 0.29) is 5.56 Å². The van der Waals surface area contributed by atoms with E-state index >= 15 is 0 Å². The molecule has 0 bridgehead atoms. The van der Waals surface area contributed by atoms with Gasteiger partial charge in [-0.1, -0.05) is 24.6 Å². The van der Waals surface area contributed by atoms with Gasteiger partial charge in [0.1, 0.15) is 11.9 Å². The molecule has 0 spiro atoms. The minimum absolute atomic E-state index is 0.0880. The second kappa shape index (κ2) is 6.04. The summed E-state index contributed by atoms with van der Waals surface area (Å²) in [5, 5.41) is 11.9. The molecule has 3 heteroatoms. The molecule has 1 aromatic rings. The second-order valence-corrected chi connectivity index (χ2v) is 3.62. The predicted molar refractivity (Wildman–Crippen MR) is 63.3 cm³/mol. The van der Waals surface area contributed by atoms with Crippen LogP contribution in [0, 0.1) is 17.1 Å². The maximum absolute atomic E-state index is 13.1. The average molecular weight is 218 g/mol. The Morgan fingerprint density at radius 1 is 1.56 bits per heavy atom. The van der Waals surface area contributed by atoms with Crippen molar-refractivity contribution in [2.75, 3.05) is 13.1 Å². The molecule has 0 saturated carbocycles. The maximum Gasteiger partial charge on any atom is 0.140 e. The zero-order valence-corrected chi connectivity index (χ0v) is 9.55. The molecule has 0 aliphatic heterocycles. The lowest BCUT2D eigenvalue weighted by Crippen LogP contribution is -2.14. The van der Waals surface area contributed by atoms with Gasteiger partial charge in [0.15, 0.2) is 0 Å². The Morgan fingerprint density at radius 3 is 2.94 bits per heavy atom. The highest BCUT2D eigenvalue weighted by Gasteiger charge is 2.01. The van der Waals surface area contributed by atoms with Crippen molar-refractivity contribution in [1.29, 1.82) is 5.26 Å². The van der Waals surface area contributed by atoms with Crippen LogP contribution in [0.1, 0.15) is 25.0 Å². The molecule has 1 aromatic carbocycles. The maximum atomic E-state index is 13.1. The molecule has 0 unspecified atom stereocenters. The van der Waals surface area contributed by atoms with Gasteiger partial charge in [0.25, 0.3) is 0 Å². The van der Waals surface area contributed by atoms with E-state index in [4.69, 9.17) is 5.26 Å². The number of rotatable bonds is 4. The van der Waals surface area contributed by atoms with Gasteiger partial charge in [0, 0.05) is 6.54 Å². The van der Waals surface area contributed by atoms with Crippen LogP contribution in [-0.4, -0.2) is 13.1 Å². The predicted octanol–water partition coefficient (Wildman–Crippen LogP) is 2.71. The second-order valence-electron chi connectivity index (χ2n) is 3.62.